The number of aryl methyl sites for hydroxylation is 1. The van der Waals surface area contributed by atoms with Gasteiger partial charge in [0, 0.05) is 12.6 Å². The number of thiocarbonyl (C=S) groups is 1. The third-order valence-electron chi connectivity index (χ3n) is 4.19. The highest BCUT2D eigenvalue weighted by molar-refractivity contribution is 7.80. The Morgan fingerprint density at radius 1 is 1.30 bits per heavy atom. The van der Waals surface area contributed by atoms with Crippen LogP contribution in [0.1, 0.15) is 56.9 Å². The fraction of sp³-hybridized carbons (Fsp3) is 0.667. The maximum Gasteiger partial charge on any atom is 0.162 e. The van der Waals surface area contributed by atoms with Crippen molar-refractivity contribution >= 4 is 23.0 Å². The summed E-state index contributed by atoms with van der Waals surface area (Å²) >= 11 is 5.30. The van der Waals surface area contributed by atoms with Crippen molar-refractivity contribution in [2.75, 3.05) is 11.4 Å². The van der Waals surface area contributed by atoms with Crippen molar-refractivity contribution in [3.8, 4) is 0 Å². The van der Waals surface area contributed by atoms with Gasteiger partial charge in [-0.3, -0.25) is 0 Å². The smallest absolute Gasteiger partial charge is 0.162 e. The molecule has 0 bridgehead atoms. The molecule has 2 rings (SSSR count). The summed E-state index contributed by atoms with van der Waals surface area (Å²) in [6, 6.07) is 0.537. The predicted octanol–water partition coefficient (Wildman–Crippen LogP) is 2.61. The van der Waals surface area contributed by atoms with Gasteiger partial charge in [0.05, 0.1) is 11.3 Å². The Morgan fingerprint density at radius 2 is 2.05 bits per heavy atom. The van der Waals surface area contributed by atoms with E-state index in [1.807, 2.05) is 0 Å². The van der Waals surface area contributed by atoms with Crippen molar-refractivity contribution in [2.45, 2.75) is 58.9 Å². The van der Waals surface area contributed by atoms with E-state index < -0.39 is 0 Å². The minimum Gasteiger partial charge on any atom is -0.389 e. The molecule has 0 aromatic carbocycles. The third kappa shape index (κ3) is 2.64. The summed E-state index contributed by atoms with van der Waals surface area (Å²) in [7, 11) is 0. The van der Waals surface area contributed by atoms with E-state index in [0.29, 0.717) is 11.0 Å². The lowest BCUT2D eigenvalue weighted by Crippen LogP contribution is -2.33. The molecule has 0 radical (unpaired) electrons. The molecule has 4 nitrogen and oxygen atoms in total. The van der Waals surface area contributed by atoms with Crippen LogP contribution in [0.2, 0.25) is 0 Å². The van der Waals surface area contributed by atoms with Crippen molar-refractivity contribution < 1.29 is 0 Å². The average Bonchev–Trinajstić information content (AvgIpc) is 2.93. The third-order valence-corrected chi connectivity index (χ3v) is 4.40. The molecule has 1 aromatic rings. The Hall–Kier alpha value is -1.23. The van der Waals surface area contributed by atoms with Crippen molar-refractivity contribution in [3.05, 3.63) is 16.8 Å². The van der Waals surface area contributed by atoms with Crippen LogP contribution in [-0.2, 0) is 12.8 Å². The second-order valence-electron chi connectivity index (χ2n) is 5.29. The number of anilines is 1. The van der Waals surface area contributed by atoms with Gasteiger partial charge in [-0.05, 0) is 37.7 Å². The first kappa shape index (κ1) is 15.2. The number of hydrogen-bond donors (Lipinski definition) is 1. The van der Waals surface area contributed by atoms with Crippen LogP contribution in [0.3, 0.4) is 0 Å². The van der Waals surface area contributed by atoms with Crippen LogP contribution >= 0.6 is 12.2 Å². The van der Waals surface area contributed by atoms with Crippen LogP contribution in [-0.4, -0.2) is 27.8 Å². The first-order chi connectivity index (χ1) is 9.63. The Labute approximate surface area is 126 Å². The molecule has 1 aromatic heterocycles. The van der Waals surface area contributed by atoms with E-state index in [4.69, 9.17) is 18.0 Å². The maximum atomic E-state index is 6.01. The maximum absolute atomic E-state index is 6.01. The first-order valence-electron chi connectivity index (χ1n) is 7.58. The van der Waals surface area contributed by atoms with Gasteiger partial charge in [-0.2, -0.15) is 5.10 Å². The second-order valence-corrected chi connectivity index (χ2v) is 5.73. The van der Waals surface area contributed by atoms with Gasteiger partial charge in [0.2, 0.25) is 0 Å². The summed E-state index contributed by atoms with van der Waals surface area (Å²) in [6.07, 6.45) is 5.29. The standard InChI is InChI=1S/C15H24N4S/c1-4-10-8-7-9-19(10)15-13(14(16)20)11(5-2)12(6-3)17-18-15/h10H,4-9H2,1-3H3,(H2,16,20). The number of nitrogens with zero attached hydrogens (tertiary/aromatic N) is 3. The highest BCUT2D eigenvalue weighted by Gasteiger charge is 2.28. The Bertz CT molecular complexity index is 501. The average molecular weight is 292 g/mol. The molecule has 20 heavy (non-hydrogen) atoms. The number of hydrogen-bond acceptors (Lipinski definition) is 4. The van der Waals surface area contributed by atoms with Gasteiger partial charge in [-0.15, -0.1) is 5.10 Å². The highest BCUT2D eigenvalue weighted by Crippen LogP contribution is 2.30. The van der Waals surface area contributed by atoms with Crippen LogP contribution < -0.4 is 10.6 Å². The summed E-state index contributed by atoms with van der Waals surface area (Å²) in [6.45, 7) is 7.47. The summed E-state index contributed by atoms with van der Waals surface area (Å²) < 4.78 is 0. The summed E-state index contributed by atoms with van der Waals surface area (Å²) in [5.74, 6) is 0.899. The molecule has 0 amide bonds. The van der Waals surface area contributed by atoms with Crippen molar-refractivity contribution in [3.63, 3.8) is 0 Å². The van der Waals surface area contributed by atoms with Crippen molar-refractivity contribution in [2.24, 2.45) is 5.73 Å². The molecule has 2 N–H and O–H groups in total. The van der Waals surface area contributed by atoms with E-state index in [9.17, 15) is 0 Å². The number of nitrogens with two attached hydrogens (primary N) is 1. The predicted molar refractivity (Wildman–Crippen MR) is 87.3 cm³/mol. The van der Waals surface area contributed by atoms with Crippen molar-refractivity contribution in [1.29, 1.82) is 0 Å². The Kier molecular flexibility index (Phi) is 4.91. The summed E-state index contributed by atoms with van der Waals surface area (Å²) in [5, 5.41) is 8.89. The van der Waals surface area contributed by atoms with Crippen LogP contribution in [0.4, 0.5) is 5.82 Å². The number of aromatic nitrogens is 2. The van der Waals surface area contributed by atoms with Crippen molar-refractivity contribution in [1.82, 2.24) is 10.2 Å². The topological polar surface area (TPSA) is 55.0 Å². The van der Waals surface area contributed by atoms with Gasteiger partial charge in [0.1, 0.15) is 4.99 Å². The van der Waals surface area contributed by atoms with E-state index in [1.165, 1.54) is 18.4 Å². The van der Waals surface area contributed by atoms with E-state index >= 15 is 0 Å². The van der Waals surface area contributed by atoms with E-state index in [1.54, 1.807) is 0 Å². The molecule has 0 saturated carbocycles. The fourth-order valence-electron chi connectivity index (χ4n) is 3.16. The molecule has 5 heteroatoms. The van der Waals surface area contributed by atoms with Crippen LogP contribution in [0.5, 0.6) is 0 Å². The van der Waals surface area contributed by atoms with Gasteiger partial charge in [0.15, 0.2) is 5.82 Å². The molecule has 1 unspecified atom stereocenters. The lowest BCUT2D eigenvalue weighted by molar-refractivity contribution is 0.635. The van der Waals surface area contributed by atoms with E-state index in [2.05, 4.69) is 35.9 Å². The quantitative estimate of drug-likeness (QED) is 0.845. The van der Waals surface area contributed by atoms with E-state index in [0.717, 1.165) is 42.9 Å². The van der Waals surface area contributed by atoms with Gasteiger partial charge in [-0.1, -0.05) is 33.0 Å². The fourth-order valence-corrected chi connectivity index (χ4v) is 3.38. The largest absolute Gasteiger partial charge is 0.389 e. The summed E-state index contributed by atoms with van der Waals surface area (Å²) in [5.41, 5.74) is 9.15. The normalized spacial score (nSPS) is 18.6. The van der Waals surface area contributed by atoms with Crippen LogP contribution in [0.25, 0.3) is 0 Å². The highest BCUT2D eigenvalue weighted by atomic mass is 32.1. The second kappa shape index (κ2) is 6.48. The van der Waals surface area contributed by atoms with Crippen LogP contribution in [0, 0.1) is 0 Å². The van der Waals surface area contributed by atoms with Gasteiger partial charge in [-0.25, -0.2) is 0 Å². The van der Waals surface area contributed by atoms with Crippen LogP contribution in [0.15, 0.2) is 0 Å². The molecular formula is C15H24N4S. The lowest BCUT2D eigenvalue weighted by Gasteiger charge is -2.27. The Morgan fingerprint density at radius 3 is 2.60 bits per heavy atom. The monoisotopic (exact) mass is 292 g/mol. The van der Waals surface area contributed by atoms with E-state index in [-0.39, 0.29) is 0 Å². The Balaban J connectivity index is 2.55. The molecule has 1 saturated heterocycles. The number of rotatable bonds is 5. The summed E-state index contributed by atoms with van der Waals surface area (Å²) in [4.78, 5) is 2.79. The zero-order valence-corrected chi connectivity index (χ0v) is 13.5. The molecule has 110 valence electrons. The van der Waals surface area contributed by atoms with Gasteiger partial charge < -0.3 is 10.6 Å². The molecule has 0 spiro atoms. The molecule has 2 heterocycles. The van der Waals surface area contributed by atoms with Gasteiger partial charge in [0.25, 0.3) is 0 Å². The zero-order chi connectivity index (χ0) is 14.7. The first-order valence-corrected chi connectivity index (χ1v) is 7.99. The molecule has 0 aliphatic carbocycles. The SMILES string of the molecule is CCc1nnc(N2CCCC2CC)c(C(N)=S)c1CC. The molecule has 1 aliphatic rings. The molecule has 1 fully saturated rings. The molecular weight excluding hydrogens is 268 g/mol. The molecule has 1 aliphatic heterocycles. The minimum absolute atomic E-state index is 0.447. The van der Waals surface area contributed by atoms with Gasteiger partial charge >= 0.3 is 0 Å². The molecule has 1 atom stereocenters. The minimum atomic E-state index is 0.447. The zero-order valence-electron chi connectivity index (χ0n) is 12.6. The lowest BCUT2D eigenvalue weighted by atomic mass is 10.0.